The standard InChI is InChI=1S/C15H24N2O4S2/c1-9(2)10(17-23(20)15(3,4)5)7-12(18)13-16-11(8-22-13)14(19)21-6/h8-9,12,18H,7H2,1-6H3/t12-,23?/m1/s1. The third-order valence-corrected chi connectivity index (χ3v) is 5.39. The van der Waals surface area contributed by atoms with Crippen LogP contribution < -0.4 is 0 Å². The molecule has 2 atom stereocenters. The van der Waals surface area contributed by atoms with Gasteiger partial charge in [0.1, 0.15) is 27.2 Å². The van der Waals surface area contributed by atoms with Crippen molar-refractivity contribution in [3.63, 3.8) is 0 Å². The highest BCUT2D eigenvalue weighted by atomic mass is 32.2. The fourth-order valence-electron chi connectivity index (χ4n) is 1.55. The van der Waals surface area contributed by atoms with E-state index in [4.69, 9.17) is 0 Å². The number of hydrogen-bond donors (Lipinski definition) is 1. The lowest BCUT2D eigenvalue weighted by Crippen LogP contribution is -2.28. The molecular formula is C15H24N2O4S2. The summed E-state index contributed by atoms with van der Waals surface area (Å²) in [4.78, 5) is 15.5. The van der Waals surface area contributed by atoms with Crippen LogP contribution in [-0.2, 0) is 16.1 Å². The van der Waals surface area contributed by atoms with Crippen molar-refractivity contribution in [2.24, 2.45) is 10.3 Å². The second-order valence-corrected chi connectivity index (χ2v) is 9.18. The van der Waals surface area contributed by atoms with Gasteiger partial charge in [0.25, 0.3) is 0 Å². The van der Waals surface area contributed by atoms with Crippen molar-refractivity contribution in [3.8, 4) is 0 Å². The summed E-state index contributed by atoms with van der Waals surface area (Å²) in [6.07, 6.45) is -0.662. The summed E-state index contributed by atoms with van der Waals surface area (Å²) in [6.45, 7) is 9.43. The molecule has 0 amide bonds. The minimum absolute atomic E-state index is 0.0518. The number of esters is 1. The molecule has 0 aliphatic rings. The minimum atomic E-state index is -1.38. The van der Waals surface area contributed by atoms with E-state index in [0.29, 0.717) is 10.7 Å². The Bertz CT molecular complexity index is 564. The first-order chi connectivity index (χ1) is 10.6. The number of aliphatic hydroxyl groups excluding tert-OH is 1. The van der Waals surface area contributed by atoms with Gasteiger partial charge in [0.2, 0.25) is 0 Å². The average Bonchev–Trinajstić information content (AvgIpc) is 2.94. The quantitative estimate of drug-likeness (QED) is 0.478. The summed E-state index contributed by atoms with van der Waals surface area (Å²) >= 11 is -0.192. The number of methoxy groups -OCH3 is 1. The van der Waals surface area contributed by atoms with Crippen molar-refractivity contribution in [1.82, 2.24) is 4.98 Å². The number of aliphatic hydroxyl groups is 1. The molecule has 130 valence electrons. The number of aromatic nitrogens is 1. The molecule has 0 saturated carbocycles. The molecule has 0 bridgehead atoms. The number of carbonyl (C=O) groups is 1. The molecule has 0 fully saturated rings. The van der Waals surface area contributed by atoms with Gasteiger partial charge in [0.15, 0.2) is 5.69 Å². The van der Waals surface area contributed by atoms with Gasteiger partial charge in [0, 0.05) is 11.8 Å². The van der Waals surface area contributed by atoms with Crippen LogP contribution in [0.4, 0.5) is 0 Å². The Morgan fingerprint density at radius 3 is 2.61 bits per heavy atom. The lowest BCUT2D eigenvalue weighted by atomic mass is 10.0. The van der Waals surface area contributed by atoms with Crippen LogP contribution in [0.1, 0.15) is 62.6 Å². The zero-order chi connectivity index (χ0) is 17.8. The van der Waals surface area contributed by atoms with Crippen molar-refractivity contribution in [2.45, 2.75) is 51.9 Å². The Labute approximate surface area is 144 Å². The van der Waals surface area contributed by atoms with Crippen LogP contribution in [0.15, 0.2) is 9.78 Å². The largest absolute Gasteiger partial charge is 0.591 e. The van der Waals surface area contributed by atoms with Crippen LogP contribution in [0.2, 0.25) is 0 Å². The van der Waals surface area contributed by atoms with Gasteiger partial charge in [-0.05, 0) is 26.7 Å². The monoisotopic (exact) mass is 360 g/mol. The molecule has 0 aliphatic carbocycles. The molecule has 1 unspecified atom stereocenters. The summed E-state index contributed by atoms with van der Waals surface area (Å²) < 4.78 is 20.6. The first kappa shape index (κ1) is 20.1. The topological polar surface area (TPSA) is 94.8 Å². The first-order valence-electron chi connectivity index (χ1n) is 7.27. The highest BCUT2D eigenvalue weighted by Gasteiger charge is 2.29. The van der Waals surface area contributed by atoms with Crippen molar-refractivity contribution in [3.05, 3.63) is 16.1 Å². The predicted molar refractivity (Wildman–Crippen MR) is 93.2 cm³/mol. The van der Waals surface area contributed by atoms with E-state index in [2.05, 4.69) is 14.1 Å². The number of ether oxygens (including phenoxy) is 1. The molecule has 0 radical (unpaired) electrons. The van der Waals surface area contributed by atoms with Gasteiger partial charge in [-0.15, -0.1) is 11.3 Å². The molecule has 1 rings (SSSR count). The Morgan fingerprint density at radius 1 is 1.52 bits per heavy atom. The van der Waals surface area contributed by atoms with Crippen molar-refractivity contribution < 1.29 is 19.2 Å². The van der Waals surface area contributed by atoms with Gasteiger partial charge in [-0.2, -0.15) is 0 Å². The highest BCUT2D eigenvalue weighted by Crippen LogP contribution is 2.25. The van der Waals surface area contributed by atoms with Crippen LogP contribution in [0.5, 0.6) is 0 Å². The van der Waals surface area contributed by atoms with E-state index < -0.39 is 28.2 Å². The molecule has 1 aromatic heterocycles. The normalized spacial score (nSPS) is 15.6. The van der Waals surface area contributed by atoms with Gasteiger partial charge in [-0.3, -0.25) is 0 Å². The zero-order valence-corrected chi connectivity index (χ0v) is 16.0. The Kier molecular flexibility index (Phi) is 7.19. The molecule has 1 heterocycles. The Balaban J connectivity index is 2.90. The second-order valence-electron chi connectivity index (χ2n) is 6.38. The molecule has 0 saturated heterocycles. The molecule has 1 aromatic rings. The predicted octanol–water partition coefficient (Wildman–Crippen LogP) is 2.91. The molecule has 23 heavy (non-hydrogen) atoms. The highest BCUT2D eigenvalue weighted by molar-refractivity contribution is 7.91. The van der Waals surface area contributed by atoms with Gasteiger partial charge >= 0.3 is 5.97 Å². The zero-order valence-electron chi connectivity index (χ0n) is 14.3. The van der Waals surface area contributed by atoms with Gasteiger partial charge in [0.05, 0.1) is 12.8 Å². The Morgan fingerprint density at radius 2 is 2.13 bits per heavy atom. The fraction of sp³-hybridized carbons (Fsp3) is 0.667. The van der Waals surface area contributed by atoms with E-state index in [9.17, 15) is 14.5 Å². The lowest BCUT2D eigenvalue weighted by Gasteiger charge is -2.21. The number of hydrogen-bond acceptors (Lipinski definition) is 7. The average molecular weight is 361 g/mol. The van der Waals surface area contributed by atoms with Crippen molar-refractivity contribution >= 4 is 34.4 Å². The van der Waals surface area contributed by atoms with Crippen LogP contribution in [-0.4, -0.2) is 38.2 Å². The van der Waals surface area contributed by atoms with Gasteiger partial charge < -0.3 is 14.4 Å². The van der Waals surface area contributed by atoms with Crippen LogP contribution in [0.3, 0.4) is 0 Å². The van der Waals surface area contributed by atoms with E-state index in [0.717, 1.165) is 0 Å². The van der Waals surface area contributed by atoms with E-state index in [-0.39, 0.29) is 18.0 Å². The molecule has 0 aromatic carbocycles. The molecule has 0 aliphatic heterocycles. The first-order valence-corrected chi connectivity index (χ1v) is 9.26. The van der Waals surface area contributed by atoms with E-state index >= 15 is 0 Å². The molecule has 1 N–H and O–H groups in total. The SMILES string of the molecule is COC(=O)c1csc([C@H](O)CC(=N[S+]([O-])C(C)(C)C)C(C)C)n1. The minimum Gasteiger partial charge on any atom is -0.591 e. The van der Waals surface area contributed by atoms with E-state index in [1.807, 2.05) is 34.6 Å². The van der Waals surface area contributed by atoms with Crippen LogP contribution >= 0.6 is 11.3 Å². The van der Waals surface area contributed by atoms with E-state index in [1.165, 1.54) is 18.4 Å². The molecular weight excluding hydrogens is 336 g/mol. The summed E-state index contributed by atoms with van der Waals surface area (Å²) in [5, 5.41) is 12.3. The molecule has 8 heteroatoms. The number of rotatable bonds is 6. The van der Waals surface area contributed by atoms with Crippen molar-refractivity contribution in [1.29, 1.82) is 0 Å². The summed E-state index contributed by atoms with van der Waals surface area (Å²) in [7, 11) is 1.28. The summed E-state index contributed by atoms with van der Waals surface area (Å²) in [6, 6.07) is 0. The number of nitrogens with zero attached hydrogens (tertiary/aromatic N) is 2. The third kappa shape index (κ3) is 5.87. The fourth-order valence-corrected chi connectivity index (χ4v) is 3.09. The van der Waals surface area contributed by atoms with Crippen LogP contribution in [0, 0.1) is 5.92 Å². The lowest BCUT2D eigenvalue weighted by molar-refractivity contribution is 0.0594. The maximum atomic E-state index is 12.2. The maximum Gasteiger partial charge on any atom is 0.357 e. The van der Waals surface area contributed by atoms with Gasteiger partial charge in [-0.1, -0.05) is 18.2 Å². The third-order valence-electron chi connectivity index (χ3n) is 2.99. The smallest absolute Gasteiger partial charge is 0.357 e. The molecule has 0 spiro atoms. The summed E-state index contributed by atoms with van der Waals surface area (Å²) in [5.41, 5.74) is 0.841. The van der Waals surface area contributed by atoms with Gasteiger partial charge in [-0.25, -0.2) is 9.78 Å². The molecule has 6 nitrogen and oxygen atoms in total. The van der Waals surface area contributed by atoms with Crippen LogP contribution in [0.25, 0.3) is 0 Å². The van der Waals surface area contributed by atoms with E-state index in [1.54, 1.807) is 5.38 Å². The number of thiazole rings is 1. The number of carbonyl (C=O) groups excluding carboxylic acids is 1. The Hall–Kier alpha value is -0.960. The second kappa shape index (κ2) is 8.23. The van der Waals surface area contributed by atoms with Crippen molar-refractivity contribution in [2.75, 3.05) is 7.11 Å². The maximum absolute atomic E-state index is 12.2. The summed E-state index contributed by atoms with van der Waals surface area (Å²) in [5.74, 6) is -0.484.